The Balaban J connectivity index is 2.39. The number of aldehydes is 1. The number of furan rings is 1. The van der Waals surface area contributed by atoms with Gasteiger partial charge in [0, 0.05) is 37.3 Å². The minimum absolute atomic E-state index is 0.103. The number of carbonyl (C=O) groups excluding carboxylic acids is 2. The molecule has 6 nitrogen and oxygen atoms in total. The SMILES string of the molecule is CN(C)/C=C(/C=O)c1oc2cc(C#N)c(C#N)cc2c1C(=O)c1ccccc1. The van der Waals surface area contributed by atoms with Crippen LogP contribution in [0.15, 0.2) is 53.1 Å². The van der Waals surface area contributed by atoms with E-state index in [1.165, 1.54) is 12.1 Å². The Morgan fingerprint density at radius 3 is 2.29 bits per heavy atom. The summed E-state index contributed by atoms with van der Waals surface area (Å²) >= 11 is 0. The molecule has 0 spiro atoms. The molecular weight excluding hydrogens is 354 g/mol. The van der Waals surface area contributed by atoms with E-state index in [9.17, 15) is 20.1 Å². The van der Waals surface area contributed by atoms with Crippen molar-refractivity contribution in [1.82, 2.24) is 4.90 Å². The minimum Gasteiger partial charge on any atom is -0.455 e. The van der Waals surface area contributed by atoms with E-state index in [4.69, 9.17) is 4.42 Å². The molecule has 0 aliphatic heterocycles. The Bertz CT molecular complexity index is 1190. The molecule has 28 heavy (non-hydrogen) atoms. The van der Waals surface area contributed by atoms with Crippen LogP contribution in [0.5, 0.6) is 0 Å². The molecule has 0 atom stereocenters. The van der Waals surface area contributed by atoms with Gasteiger partial charge in [-0.05, 0) is 6.07 Å². The monoisotopic (exact) mass is 369 g/mol. The van der Waals surface area contributed by atoms with Crippen LogP contribution < -0.4 is 0 Å². The molecule has 1 aromatic heterocycles. The molecule has 1 heterocycles. The maximum absolute atomic E-state index is 13.2. The normalized spacial score (nSPS) is 10.9. The number of hydrogen-bond donors (Lipinski definition) is 0. The second-order valence-electron chi connectivity index (χ2n) is 6.28. The first-order chi connectivity index (χ1) is 13.5. The third-order valence-electron chi connectivity index (χ3n) is 4.12. The fourth-order valence-electron chi connectivity index (χ4n) is 2.91. The summed E-state index contributed by atoms with van der Waals surface area (Å²) in [4.78, 5) is 26.6. The lowest BCUT2D eigenvalue weighted by Crippen LogP contribution is -2.07. The van der Waals surface area contributed by atoms with Crippen LogP contribution in [0, 0.1) is 22.7 Å². The first-order valence-corrected chi connectivity index (χ1v) is 8.34. The standard InChI is InChI=1S/C22H15N3O3/c1-25(2)12-17(13-26)22-20(21(27)14-6-4-3-5-7-14)18-8-15(10-23)16(11-24)9-19(18)28-22/h3-9,12-13H,1-2H3/b17-12-. The number of fused-ring (bicyclic) bond motifs is 1. The molecule has 3 rings (SSSR count). The maximum atomic E-state index is 13.2. The highest BCUT2D eigenvalue weighted by atomic mass is 16.3. The van der Waals surface area contributed by atoms with Crippen LogP contribution >= 0.6 is 0 Å². The molecule has 0 saturated carbocycles. The van der Waals surface area contributed by atoms with Crippen molar-refractivity contribution in [3.05, 3.63) is 76.7 Å². The van der Waals surface area contributed by atoms with Gasteiger partial charge in [0.05, 0.1) is 22.3 Å². The number of hydrogen-bond acceptors (Lipinski definition) is 6. The molecule has 0 aliphatic carbocycles. The Morgan fingerprint density at radius 1 is 1.07 bits per heavy atom. The zero-order valence-electron chi connectivity index (χ0n) is 15.3. The zero-order valence-corrected chi connectivity index (χ0v) is 15.3. The van der Waals surface area contributed by atoms with Crippen molar-refractivity contribution in [2.75, 3.05) is 14.1 Å². The quantitative estimate of drug-likeness (QED) is 0.388. The summed E-state index contributed by atoms with van der Waals surface area (Å²) in [5.74, 6) is -0.235. The summed E-state index contributed by atoms with van der Waals surface area (Å²) in [6.45, 7) is 0. The molecule has 0 N–H and O–H groups in total. The van der Waals surface area contributed by atoms with E-state index in [1.807, 2.05) is 12.1 Å². The molecule has 136 valence electrons. The van der Waals surface area contributed by atoms with Gasteiger partial charge in [-0.15, -0.1) is 0 Å². The largest absolute Gasteiger partial charge is 0.455 e. The lowest BCUT2D eigenvalue weighted by Gasteiger charge is -2.07. The van der Waals surface area contributed by atoms with Gasteiger partial charge in [-0.1, -0.05) is 30.3 Å². The molecule has 0 radical (unpaired) electrons. The van der Waals surface area contributed by atoms with Crippen molar-refractivity contribution in [3.8, 4) is 12.1 Å². The van der Waals surface area contributed by atoms with E-state index < -0.39 is 0 Å². The molecule has 0 fully saturated rings. The van der Waals surface area contributed by atoms with Gasteiger partial charge in [0.1, 0.15) is 17.7 Å². The van der Waals surface area contributed by atoms with Gasteiger partial charge in [0.25, 0.3) is 0 Å². The minimum atomic E-state index is -0.338. The van der Waals surface area contributed by atoms with Gasteiger partial charge in [-0.3, -0.25) is 9.59 Å². The van der Waals surface area contributed by atoms with E-state index in [0.717, 1.165) is 0 Å². The number of carbonyl (C=O) groups is 2. The first-order valence-electron chi connectivity index (χ1n) is 8.34. The summed E-state index contributed by atoms with van der Waals surface area (Å²) in [5.41, 5.74) is 1.31. The zero-order chi connectivity index (χ0) is 20.3. The third-order valence-corrected chi connectivity index (χ3v) is 4.12. The van der Waals surface area contributed by atoms with E-state index in [0.29, 0.717) is 17.2 Å². The van der Waals surface area contributed by atoms with Crippen molar-refractivity contribution < 1.29 is 14.0 Å². The van der Waals surface area contributed by atoms with Gasteiger partial charge in [-0.2, -0.15) is 10.5 Å². The average molecular weight is 369 g/mol. The summed E-state index contributed by atoms with van der Waals surface area (Å²) in [6.07, 6.45) is 2.15. The van der Waals surface area contributed by atoms with E-state index in [2.05, 4.69) is 0 Å². The Kier molecular flexibility index (Phi) is 5.06. The molecule has 0 bridgehead atoms. The summed E-state index contributed by atoms with van der Waals surface area (Å²) in [6, 6.07) is 15.4. The number of rotatable bonds is 5. The fourth-order valence-corrected chi connectivity index (χ4v) is 2.91. The highest BCUT2D eigenvalue weighted by Crippen LogP contribution is 2.34. The Morgan fingerprint density at radius 2 is 1.71 bits per heavy atom. The highest BCUT2D eigenvalue weighted by molar-refractivity contribution is 6.22. The van der Waals surface area contributed by atoms with Crippen molar-refractivity contribution in [2.24, 2.45) is 0 Å². The van der Waals surface area contributed by atoms with Crippen LogP contribution in [0.2, 0.25) is 0 Å². The van der Waals surface area contributed by atoms with Gasteiger partial charge < -0.3 is 9.32 Å². The first kappa shape index (κ1) is 18.6. The molecule has 2 aromatic carbocycles. The second-order valence-corrected chi connectivity index (χ2v) is 6.28. The number of allylic oxidation sites excluding steroid dienone is 1. The smallest absolute Gasteiger partial charge is 0.197 e. The van der Waals surface area contributed by atoms with Crippen LogP contribution in [-0.4, -0.2) is 31.1 Å². The molecule has 0 amide bonds. The summed E-state index contributed by atoms with van der Waals surface area (Å²) < 4.78 is 5.83. The van der Waals surface area contributed by atoms with Crippen molar-refractivity contribution in [2.45, 2.75) is 0 Å². The lowest BCUT2D eigenvalue weighted by atomic mass is 9.96. The number of nitriles is 2. The average Bonchev–Trinajstić information content (AvgIpc) is 3.08. The second kappa shape index (κ2) is 7.61. The molecule has 0 unspecified atom stereocenters. The molecular formula is C22H15N3O3. The van der Waals surface area contributed by atoms with E-state index in [1.54, 1.807) is 55.5 Å². The van der Waals surface area contributed by atoms with Gasteiger partial charge in [-0.25, -0.2) is 0 Å². The topological polar surface area (TPSA) is 98.1 Å². The van der Waals surface area contributed by atoms with Gasteiger partial charge in [0.2, 0.25) is 0 Å². The third kappa shape index (κ3) is 3.27. The molecule has 3 aromatic rings. The number of nitrogens with zero attached hydrogens (tertiary/aromatic N) is 3. The predicted molar refractivity (Wildman–Crippen MR) is 103 cm³/mol. The van der Waals surface area contributed by atoms with Crippen LogP contribution in [0.1, 0.15) is 32.8 Å². The molecule has 6 heteroatoms. The Hall–Kier alpha value is -4.16. The van der Waals surface area contributed by atoms with Crippen LogP contribution in [0.25, 0.3) is 16.5 Å². The van der Waals surface area contributed by atoms with Crippen molar-refractivity contribution >= 4 is 28.6 Å². The van der Waals surface area contributed by atoms with Crippen LogP contribution in [0.3, 0.4) is 0 Å². The van der Waals surface area contributed by atoms with Gasteiger partial charge >= 0.3 is 0 Å². The predicted octanol–water partition coefficient (Wildman–Crippen LogP) is 3.51. The highest BCUT2D eigenvalue weighted by Gasteiger charge is 2.25. The van der Waals surface area contributed by atoms with E-state index >= 15 is 0 Å². The molecule has 0 aliphatic rings. The summed E-state index contributed by atoms with van der Waals surface area (Å²) in [5, 5.41) is 19.0. The van der Waals surface area contributed by atoms with Gasteiger partial charge in [0.15, 0.2) is 17.8 Å². The summed E-state index contributed by atoms with van der Waals surface area (Å²) in [7, 11) is 3.48. The Labute approximate surface area is 161 Å². The van der Waals surface area contributed by atoms with Crippen molar-refractivity contribution in [1.29, 1.82) is 10.5 Å². The van der Waals surface area contributed by atoms with Crippen LogP contribution in [-0.2, 0) is 4.79 Å². The van der Waals surface area contributed by atoms with Crippen molar-refractivity contribution in [3.63, 3.8) is 0 Å². The number of benzene rings is 2. The maximum Gasteiger partial charge on any atom is 0.197 e. The van der Waals surface area contributed by atoms with E-state index in [-0.39, 0.29) is 39.4 Å². The fraction of sp³-hybridized carbons (Fsp3) is 0.0909. The lowest BCUT2D eigenvalue weighted by molar-refractivity contribution is -0.103. The number of ketones is 1. The molecule has 0 saturated heterocycles. The van der Waals surface area contributed by atoms with Crippen LogP contribution in [0.4, 0.5) is 0 Å².